The van der Waals surface area contributed by atoms with E-state index in [-0.39, 0.29) is 6.03 Å². The summed E-state index contributed by atoms with van der Waals surface area (Å²) in [6.07, 6.45) is 7.41. The molecule has 3 rings (SSSR count). The van der Waals surface area contributed by atoms with Crippen LogP contribution < -0.4 is 20.7 Å². The van der Waals surface area contributed by atoms with Crippen LogP contribution >= 0.6 is 0 Å². The van der Waals surface area contributed by atoms with E-state index in [9.17, 15) is 4.79 Å². The zero-order valence-electron chi connectivity index (χ0n) is 14.6. The molecule has 8 nitrogen and oxygen atoms in total. The van der Waals surface area contributed by atoms with Gasteiger partial charge in [-0.2, -0.15) is 0 Å². The minimum Gasteiger partial charge on any atom is -0.457 e. The molecule has 27 heavy (non-hydrogen) atoms. The van der Waals surface area contributed by atoms with E-state index in [0.717, 1.165) is 6.42 Å². The van der Waals surface area contributed by atoms with Crippen LogP contribution in [0, 0.1) is 0 Å². The quantitative estimate of drug-likeness (QED) is 0.530. The fourth-order valence-electron chi connectivity index (χ4n) is 2.24. The number of urea groups is 1. The Hall–Kier alpha value is -3.68. The lowest BCUT2D eigenvalue weighted by Gasteiger charge is -2.10. The average Bonchev–Trinajstić information content (AvgIpc) is 2.69. The maximum absolute atomic E-state index is 12.0. The van der Waals surface area contributed by atoms with Gasteiger partial charge in [0, 0.05) is 49.6 Å². The predicted octanol–water partition coefficient (Wildman–Crippen LogP) is 3.29. The third kappa shape index (κ3) is 6.28. The van der Waals surface area contributed by atoms with Crippen molar-refractivity contribution in [3.8, 4) is 11.5 Å². The van der Waals surface area contributed by atoms with Crippen LogP contribution in [0.25, 0.3) is 0 Å². The molecule has 138 valence electrons. The summed E-state index contributed by atoms with van der Waals surface area (Å²) in [7, 11) is 0. The van der Waals surface area contributed by atoms with E-state index in [2.05, 4.69) is 30.9 Å². The number of rotatable bonds is 8. The van der Waals surface area contributed by atoms with Crippen LogP contribution in [0.4, 0.5) is 16.4 Å². The molecule has 0 atom stereocenters. The summed E-state index contributed by atoms with van der Waals surface area (Å²) in [5.41, 5.74) is 0.648. The van der Waals surface area contributed by atoms with Gasteiger partial charge in [0.1, 0.15) is 11.5 Å². The average molecular weight is 364 g/mol. The fraction of sp³-hybridized carbons (Fsp3) is 0.158. The summed E-state index contributed by atoms with van der Waals surface area (Å²) in [4.78, 5) is 24.1. The molecular formula is C19H20N6O2. The minimum atomic E-state index is -0.271. The van der Waals surface area contributed by atoms with E-state index in [0.29, 0.717) is 36.2 Å². The SMILES string of the molecule is O=C(NCCCNc1ncccn1)Nc1cccc(Oc2ccncc2)c1. The summed E-state index contributed by atoms with van der Waals surface area (Å²) in [5, 5.41) is 8.68. The van der Waals surface area contributed by atoms with E-state index >= 15 is 0 Å². The normalized spacial score (nSPS) is 10.1. The van der Waals surface area contributed by atoms with E-state index in [1.54, 1.807) is 55.1 Å². The number of carbonyl (C=O) groups is 1. The van der Waals surface area contributed by atoms with Gasteiger partial charge in [0.05, 0.1) is 0 Å². The molecule has 0 fully saturated rings. The van der Waals surface area contributed by atoms with Gasteiger partial charge in [-0.3, -0.25) is 4.98 Å². The summed E-state index contributed by atoms with van der Waals surface area (Å²) < 4.78 is 5.72. The number of anilines is 2. The Kier molecular flexibility index (Phi) is 6.52. The molecule has 3 aromatic rings. The number of amides is 2. The van der Waals surface area contributed by atoms with Gasteiger partial charge in [-0.05, 0) is 36.8 Å². The standard InChI is InChI=1S/C19H20N6O2/c26-19(24-11-3-10-23-18-21-8-2-9-22-18)25-15-4-1-5-17(14-15)27-16-6-12-20-13-7-16/h1-2,4-9,12-14H,3,10-11H2,(H,21,22,23)(H2,24,25,26). The fourth-order valence-corrected chi connectivity index (χ4v) is 2.24. The largest absolute Gasteiger partial charge is 0.457 e. The number of hydrogen-bond donors (Lipinski definition) is 3. The number of pyridine rings is 1. The highest BCUT2D eigenvalue weighted by molar-refractivity contribution is 5.89. The van der Waals surface area contributed by atoms with Gasteiger partial charge < -0.3 is 20.7 Å². The van der Waals surface area contributed by atoms with Crippen LogP contribution in [0.3, 0.4) is 0 Å². The van der Waals surface area contributed by atoms with Crippen molar-refractivity contribution in [1.29, 1.82) is 0 Å². The van der Waals surface area contributed by atoms with Crippen LogP contribution in [0.2, 0.25) is 0 Å². The van der Waals surface area contributed by atoms with Gasteiger partial charge in [0.2, 0.25) is 5.95 Å². The van der Waals surface area contributed by atoms with Crippen LogP contribution in [0.5, 0.6) is 11.5 Å². The predicted molar refractivity (Wildman–Crippen MR) is 103 cm³/mol. The monoisotopic (exact) mass is 364 g/mol. The second-order valence-corrected chi connectivity index (χ2v) is 5.55. The number of aromatic nitrogens is 3. The summed E-state index contributed by atoms with van der Waals surface area (Å²) in [6, 6.07) is 12.2. The van der Waals surface area contributed by atoms with Gasteiger partial charge >= 0.3 is 6.03 Å². The number of ether oxygens (including phenoxy) is 1. The molecule has 0 spiro atoms. The summed E-state index contributed by atoms with van der Waals surface area (Å²) in [5.74, 6) is 1.89. The van der Waals surface area contributed by atoms with E-state index in [1.165, 1.54) is 0 Å². The van der Waals surface area contributed by atoms with Crippen molar-refractivity contribution >= 4 is 17.7 Å². The molecular weight excluding hydrogens is 344 g/mol. The Morgan fingerprint density at radius 2 is 1.74 bits per heavy atom. The Bertz CT molecular complexity index is 845. The smallest absolute Gasteiger partial charge is 0.319 e. The molecule has 2 heterocycles. The first-order valence-electron chi connectivity index (χ1n) is 8.53. The molecule has 3 N–H and O–H groups in total. The molecule has 0 unspecified atom stereocenters. The topological polar surface area (TPSA) is 101 Å². The minimum absolute atomic E-state index is 0.271. The van der Waals surface area contributed by atoms with Gasteiger partial charge in [0.15, 0.2) is 0 Å². The van der Waals surface area contributed by atoms with Crippen molar-refractivity contribution in [2.75, 3.05) is 23.7 Å². The second kappa shape index (κ2) is 9.71. The van der Waals surface area contributed by atoms with Crippen molar-refractivity contribution in [3.05, 3.63) is 67.3 Å². The zero-order chi connectivity index (χ0) is 18.7. The van der Waals surface area contributed by atoms with Crippen molar-refractivity contribution < 1.29 is 9.53 Å². The molecule has 0 bridgehead atoms. The van der Waals surface area contributed by atoms with E-state index < -0.39 is 0 Å². The molecule has 0 saturated heterocycles. The van der Waals surface area contributed by atoms with Crippen LogP contribution in [0.1, 0.15) is 6.42 Å². The lowest BCUT2D eigenvalue weighted by Crippen LogP contribution is -2.30. The van der Waals surface area contributed by atoms with Crippen molar-refractivity contribution in [2.24, 2.45) is 0 Å². The molecule has 0 aliphatic carbocycles. The Labute approximate surface area is 157 Å². The molecule has 2 aromatic heterocycles. The first-order valence-corrected chi connectivity index (χ1v) is 8.53. The number of hydrogen-bond acceptors (Lipinski definition) is 6. The molecule has 2 amide bonds. The molecule has 8 heteroatoms. The highest BCUT2D eigenvalue weighted by atomic mass is 16.5. The lowest BCUT2D eigenvalue weighted by molar-refractivity contribution is 0.252. The first-order chi connectivity index (χ1) is 13.3. The van der Waals surface area contributed by atoms with Gasteiger partial charge in [-0.25, -0.2) is 14.8 Å². The third-order valence-corrected chi connectivity index (χ3v) is 3.47. The number of benzene rings is 1. The van der Waals surface area contributed by atoms with Crippen LogP contribution in [0.15, 0.2) is 67.3 Å². The molecule has 1 aromatic carbocycles. The molecule has 0 aliphatic rings. The van der Waals surface area contributed by atoms with Crippen LogP contribution in [-0.2, 0) is 0 Å². The highest BCUT2D eigenvalue weighted by Gasteiger charge is 2.03. The maximum atomic E-state index is 12.0. The summed E-state index contributed by atoms with van der Waals surface area (Å²) >= 11 is 0. The molecule has 0 aliphatic heterocycles. The van der Waals surface area contributed by atoms with E-state index in [1.807, 2.05) is 12.1 Å². The second-order valence-electron chi connectivity index (χ2n) is 5.55. The van der Waals surface area contributed by atoms with Crippen molar-refractivity contribution in [3.63, 3.8) is 0 Å². The highest BCUT2D eigenvalue weighted by Crippen LogP contribution is 2.23. The van der Waals surface area contributed by atoms with E-state index in [4.69, 9.17) is 4.74 Å². The number of nitrogens with one attached hydrogen (secondary N) is 3. The maximum Gasteiger partial charge on any atom is 0.319 e. The number of nitrogens with zero attached hydrogens (tertiary/aromatic N) is 3. The third-order valence-electron chi connectivity index (χ3n) is 3.47. The Morgan fingerprint density at radius 1 is 0.926 bits per heavy atom. The summed E-state index contributed by atoms with van der Waals surface area (Å²) in [6.45, 7) is 1.19. The van der Waals surface area contributed by atoms with Crippen molar-refractivity contribution in [1.82, 2.24) is 20.3 Å². The van der Waals surface area contributed by atoms with Crippen LogP contribution in [-0.4, -0.2) is 34.1 Å². The lowest BCUT2D eigenvalue weighted by atomic mass is 10.3. The van der Waals surface area contributed by atoms with Gasteiger partial charge in [-0.15, -0.1) is 0 Å². The first kappa shape index (κ1) is 18.1. The molecule has 0 saturated carbocycles. The van der Waals surface area contributed by atoms with Gasteiger partial charge in [0.25, 0.3) is 0 Å². The Morgan fingerprint density at radius 3 is 2.56 bits per heavy atom. The molecule has 0 radical (unpaired) electrons. The zero-order valence-corrected chi connectivity index (χ0v) is 14.6. The Balaban J connectivity index is 1.39. The van der Waals surface area contributed by atoms with Crippen molar-refractivity contribution in [2.45, 2.75) is 6.42 Å². The number of carbonyl (C=O) groups excluding carboxylic acids is 1. The van der Waals surface area contributed by atoms with Gasteiger partial charge in [-0.1, -0.05) is 6.07 Å².